The van der Waals surface area contributed by atoms with Crippen LogP contribution >= 0.6 is 0 Å². The zero-order valence-electron chi connectivity index (χ0n) is 11.7. The van der Waals surface area contributed by atoms with Crippen LogP contribution in [0.5, 0.6) is 0 Å². The second-order valence-corrected chi connectivity index (χ2v) is 6.44. The topological polar surface area (TPSA) is 65.4 Å². The van der Waals surface area contributed by atoms with Crippen molar-refractivity contribution in [1.29, 1.82) is 0 Å². The molecule has 0 spiro atoms. The highest BCUT2D eigenvalue weighted by atomic mass is 32.2. The third-order valence-electron chi connectivity index (χ3n) is 3.12. The van der Waals surface area contributed by atoms with E-state index in [1.165, 1.54) is 17.3 Å². The molecule has 0 aliphatic rings. The van der Waals surface area contributed by atoms with Crippen LogP contribution in [0.3, 0.4) is 0 Å². The fourth-order valence-corrected chi connectivity index (χ4v) is 3.21. The molecule has 0 amide bonds. The Bertz CT molecular complexity index is 704. The highest BCUT2D eigenvalue weighted by Crippen LogP contribution is 2.15. The number of hydrogen-bond acceptors (Lipinski definition) is 4. The van der Waals surface area contributed by atoms with Gasteiger partial charge in [-0.25, -0.2) is 12.4 Å². The van der Waals surface area contributed by atoms with Crippen molar-refractivity contribution in [2.45, 2.75) is 24.2 Å². The molecule has 6 heteroatoms. The molecule has 0 fully saturated rings. The van der Waals surface area contributed by atoms with Crippen LogP contribution in [0.4, 0.5) is 0 Å². The minimum absolute atomic E-state index is 0.252. The van der Waals surface area contributed by atoms with Gasteiger partial charge in [0, 0.05) is 18.8 Å². The molecular weight excluding hydrogens is 290 g/mol. The Morgan fingerprint density at radius 2 is 1.90 bits per heavy atom. The number of hydrogen-bond donors (Lipinski definition) is 0. The van der Waals surface area contributed by atoms with Crippen LogP contribution in [0.25, 0.3) is 0 Å². The quantitative estimate of drug-likeness (QED) is 0.768. The first-order valence-electron chi connectivity index (χ1n) is 6.58. The van der Waals surface area contributed by atoms with E-state index in [1.54, 1.807) is 42.6 Å². The Morgan fingerprint density at radius 3 is 2.57 bits per heavy atom. The Morgan fingerprint density at radius 1 is 1.19 bits per heavy atom. The molecule has 0 saturated carbocycles. The normalized spacial score (nSPS) is 11.3. The average molecular weight is 307 g/mol. The second-order valence-electron chi connectivity index (χ2n) is 4.60. The first-order valence-corrected chi connectivity index (χ1v) is 8.02. The van der Waals surface area contributed by atoms with E-state index in [2.05, 4.69) is 4.74 Å². The third-order valence-corrected chi connectivity index (χ3v) is 4.77. The van der Waals surface area contributed by atoms with E-state index >= 15 is 0 Å². The van der Waals surface area contributed by atoms with Gasteiger partial charge < -0.3 is 4.74 Å². The van der Waals surface area contributed by atoms with Crippen LogP contribution in [-0.4, -0.2) is 25.5 Å². The molecule has 0 saturated heterocycles. The first-order chi connectivity index (χ1) is 10.0. The molecule has 2 rings (SSSR count). The van der Waals surface area contributed by atoms with Crippen molar-refractivity contribution in [3.63, 3.8) is 0 Å². The molecule has 0 aliphatic heterocycles. The molecule has 5 nitrogen and oxygen atoms in total. The summed E-state index contributed by atoms with van der Waals surface area (Å²) >= 11 is 0. The summed E-state index contributed by atoms with van der Waals surface area (Å²) in [6.45, 7) is 0. The Labute approximate surface area is 124 Å². The summed E-state index contributed by atoms with van der Waals surface area (Å²) in [6, 6.07) is 10.0. The summed E-state index contributed by atoms with van der Waals surface area (Å²) in [7, 11) is -2.19. The standard InChI is InChI=1S/C15H17NO4S/c1-20-15(17)9-5-6-13-10-11-16(12-13)21(18,19)14-7-3-2-4-8-14/h2-4,7-8,10-12H,5-6,9H2,1H3. The van der Waals surface area contributed by atoms with Crippen LogP contribution in [-0.2, 0) is 26.0 Å². The summed E-state index contributed by atoms with van der Waals surface area (Å²) in [6.07, 6.45) is 4.69. The minimum atomic E-state index is -3.54. The predicted octanol–water partition coefficient (Wildman–Crippen LogP) is 2.22. The number of ether oxygens (including phenoxy) is 1. The number of esters is 1. The van der Waals surface area contributed by atoms with E-state index in [-0.39, 0.29) is 10.9 Å². The maximum Gasteiger partial charge on any atom is 0.305 e. The van der Waals surface area contributed by atoms with E-state index in [0.717, 1.165) is 5.56 Å². The molecule has 0 bridgehead atoms. The third kappa shape index (κ3) is 3.72. The SMILES string of the molecule is COC(=O)CCCc1ccn(S(=O)(=O)c2ccccc2)c1. The molecule has 0 radical (unpaired) electrons. The van der Waals surface area contributed by atoms with Gasteiger partial charge in [0.25, 0.3) is 10.0 Å². The van der Waals surface area contributed by atoms with Crippen LogP contribution in [0, 0.1) is 0 Å². The average Bonchev–Trinajstić information content (AvgIpc) is 2.97. The fraction of sp³-hybridized carbons (Fsp3) is 0.267. The van der Waals surface area contributed by atoms with Crippen LogP contribution in [0.1, 0.15) is 18.4 Å². The van der Waals surface area contributed by atoms with E-state index < -0.39 is 10.0 Å². The van der Waals surface area contributed by atoms with Crippen molar-refractivity contribution in [1.82, 2.24) is 3.97 Å². The number of methoxy groups -OCH3 is 1. The van der Waals surface area contributed by atoms with Crippen LogP contribution < -0.4 is 0 Å². The molecule has 0 aliphatic carbocycles. The second kappa shape index (κ2) is 6.58. The van der Waals surface area contributed by atoms with Gasteiger partial charge in [0.2, 0.25) is 0 Å². The number of aromatic nitrogens is 1. The van der Waals surface area contributed by atoms with Crippen molar-refractivity contribution in [3.8, 4) is 0 Å². The Kier molecular flexibility index (Phi) is 4.80. The molecule has 1 aromatic heterocycles. The van der Waals surface area contributed by atoms with Crippen molar-refractivity contribution < 1.29 is 17.9 Å². The van der Waals surface area contributed by atoms with E-state index in [0.29, 0.717) is 19.3 Å². The number of aryl methyl sites for hydroxylation is 1. The number of rotatable bonds is 6. The lowest BCUT2D eigenvalue weighted by Crippen LogP contribution is -2.10. The monoisotopic (exact) mass is 307 g/mol. The lowest BCUT2D eigenvalue weighted by Gasteiger charge is -2.05. The summed E-state index contributed by atoms with van der Waals surface area (Å²) in [4.78, 5) is 11.3. The van der Waals surface area contributed by atoms with Crippen molar-refractivity contribution in [2.24, 2.45) is 0 Å². The van der Waals surface area contributed by atoms with E-state index in [9.17, 15) is 13.2 Å². The van der Waals surface area contributed by atoms with E-state index in [1.807, 2.05) is 0 Å². The van der Waals surface area contributed by atoms with Gasteiger partial charge in [-0.15, -0.1) is 0 Å². The molecule has 1 aromatic carbocycles. The summed E-state index contributed by atoms with van der Waals surface area (Å²) in [5, 5.41) is 0. The highest BCUT2D eigenvalue weighted by Gasteiger charge is 2.15. The summed E-state index contributed by atoms with van der Waals surface area (Å²) in [5.41, 5.74) is 0.874. The van der Waals surface area contributed by atoms with Crippen molar-refractivity contribution in [2.75, 3.05) is 7.11 Å². The molecule has 21 heavy (non-hydrogen) atoms. The molecule has 1 heterocycles. The van der Waals surface area contributed by atoms with Crippen molar-refractivity contribution >= 4 is 16.0 Å². The lowest BCUT2D eigenvalue weighted by atomic mass is 10.1. The largest absolute Gasteiger partial charge is 0.469 e. The van der Waals surface area contributed by atoms with Crippen LogP contribution in [0.2, 0.25) is 0 Å². The zero-order chi connectivity index (χ0) is 15.3. The predicted molar refractivity (Wildman–Crippen MR) is 78.4 cm³/mol. The van der Waals surface area contributed by atoms with Crippen molar-refractivity contribution in [3.05, 3.63) is 54.4 Å². The van der Waals surface area contributed by atoms with E-state index in [4.69, 9.17) is 0 Å². The van der Waals surface area contributed by atoms with Gasteiger partial charge in [-0.2, -0.15) is 0 Å². The maximum atomic E-state index is 12.4. The molecule has 0 N–H and O–H groups in total. The van der Waals surface area contributed by atoms with Crippen LogP contribution in [0.15, 0.2) is 53.7 Å². The lowest BCUT2D eigenvalue weighted by molar-refractivity contribution is -0.140. The fourth-order valence-electron chi connectivity index (χ4n) is 1.97. The zero-order valence-corrected chi connectivity index (χ0v) is 12.5. The van der Waals surface area contributed by atoms with Gasteiger partial charge >= 0.3 is 5.97 Å². The van der Waals surface area contributed by atoms with Gasteiger partial charge in [-0.05, 0) is 36.6 Å². The highest BCUT2D eigenvalue weighted by molar-refractivity contribution is 7.90. The van der Waals surface area contributed by atoms with Gasteiger partial charge in [0.05, 0.1) is 12.0 Å². The smallest absolute Gasteiger partial charge is 0.305 e. The molecule has 112 valence electrons. The number of carbonyl (C=O) groups is 1. The first kappa shape index (κ1) is 15.3. The Balaban J connectivity index is 2.08. The van der Waals surface area contributed by atoms with Gasteiger partial charge in [-0.1, -0.05) is 18.2 Å². The van der Waals surface area contributed by atoms with Gasteiger partial charge in [-0.3, -0.25) is 4.79 Å². The molecular formula is C15H17NO4S. The minimum Gasteiger partial charge on any atom is -0.469 e. The maximum absolute atomic E-state index is 12.4. The molecule has 2 aromatic rings. The number of nitrogens with zero attached hydrogens (tertiary/aromatic N) is 1. The number of benzene rings is 1. The van der Waals surface area contributed by atoms with Gasteiger partial charge in [0.1, 0.15) is 0 Å². The Hall–Kier alpha value is -2.08. The summed E-state index contributed by atoms with van der Waals surface area (Å²) in [5.74, 6) is -0.258. The molecule has 0 unspecified atom stereocenters. The van der Waals surface area contributed by atoms with Gasteiger partial charge in [0.15, 0.2) is 0 Å². The molecule has 0 atom stereocenters. The summed E-state index contributed by atoms with van der Waals surface area (Å²) < 4.78 is 30.5. The number of carbonyl (C=O) groups excluding carboxylic acids is 1.